The number of benzene rings is 1. The Kier molecular flexibility index (Phi) is 6.78. The van der Waals surface area contributed by atoms with Crippen molar-refractivity contribution in [1.29, 1.82) is 0 Å². The van der Waals surface area contributed by atoms with Crippen LogP contribution in [0.2, 0.25) is 0 Å². The van der Waals surface area contributed by atoms with E-state index in [1.165, 1.54) is 11.3 Å². The lowest BCUT2D eigenvalue weighted by molar-refractivity contribution is -0.142. The molecule has 1 N–H and O–H groups in total. The fraction of sp³-hybridized carbons (Fsp3) is 0.421. The number of ether oxygens (including phenoxy) is 3. The Morgan fingerprint density at radius 1 is 1.37 bits per heavy atom. The molecule has 8 heteroatoms. The summed E-state index contributed by atoms with van der Waals surface area (Å²) in [4.78, 5) is 28.4. The molecule has 1 saturated heterocycles. The SMILES string of the molecule is CCOC(=O)Cc1csc(NC(=O)c2ccccc2OC[C@H]2CCCO2)n1. The predicted molar refractivity (Wildman–Crippen MR) is 101 cm³/mol. The van der Waals surface area contributed by atoms with Crippen molar-refractivity contribution in [2.45, 2.75) is 32.3 Å². The molecule has 1 aromatic heterocycles. The average molecular weight is 390 g/mol. The van der Waals surface area contributed by atoms with Crippen molar-refractivity contribution in [1.82, 2.24) is 4.98 Å². The number of carbonyl (C=O) groups is 2. The van der Waals surface area contributed by atoms with Gasteiger partial charge in [-0.2, -0.15) is 0 Å². The van der Waals surface area contributed by atoms with Gasteiger partial charge in [0.25, 0.3) is 5.91 Å². The summed E-state index contributed by atoms with van der Waals surface area (Å²) in [6, 6.07) is 7.07. The smallest absolute Gasteiger partial charge is 0.311 e. The van der Waals surface area contributed by atoms with Crippen LogP contribution in [-0.4, -0.2) is 42.8 Å². The highest BCUT2D eigenvalue weighted by molar-refractivity contribution is 7.14. The van der Waals surface area contributed by atoms with Crippen LogP contribution in [0.15, 0.2) is 29.6 Å². The van der Waals surface area contributed by atoms with Gasteiger partial charge in [0.15, 0.2) is 5.13 Å². The van der Waals surface area contributed by atoms with Crippen LogP contribution in [0.5, 0.6) is 5.75 Å². The van der Waals surface area contributed by atoms with Gasteiger partial charge in [-0.1, -0.05) is 12.1 Å². The second-order valence-electron chi connectivity index (χ2n) is 6.02. The number of esters is 1. The van der Waals surface area contributed by atoms with Crippen molar-refractivity contribution >= 4 is 28.3 Å². The third-order valence-corrected chi connectivity index (χ3v) is 4.79. The van der Waals surface area contributed by atoms with Gasteiger partial charge in [0.05, 0.1) is 30.4 Å². The third kappa shape index (κ3) is 5.51. The first-order valence-electron chi connectivity index (χ1n) is 8.90. The van der Waals surface area contributed by atoms with Crippen LogP contribution in [0.3, 0.4) is 0 Å². The molecule has 144 valence electrons. The monoisotopic (exact) mass is 390 g/mol. The third-order valence-electron chi connectivity index (χ3n) is 3.98. The van der Waals surface area contributed by atoms with Crippen LogP contribution in [0.4, 0.5) is 5.13 Å². The quantitative estimate of drug-likeness (QED) is 0.697. The molecule has 1 atom stereocenters. The Balaban J connectivity index is 1.60. The first-order valence-corrected chi connectivity index (χ1v) is 9.78. The molecule has 7 nitrogen and oxygen atoms in total. The number of carbonyl (C=O) groups excluding carboxylic acids is 2. The van der Waals surface area contributed by atoms with E-state index in [0.29, 0.717) is 35.4 Å². The lowest BCUT2D eigenvalue weighted by atomic mass is 10.2. The van der Waals surface area contributed by atoms with Gasteiger partial charge >= 0.3 is 5.97 Å². The number of hydrogen-bond donors (Lipinski definition) is 1. The van der Waals surface area contributed by atoms with Crippen molar-refractivity contribution in [3.63, 3.8) is 0 Å². The molecular weight excluding hydrogens is 368 g/mol. The van der Waals surface area contributed by atoms with Gasteiger partial charge in [-0.05, 0) is 31.9 Å². The van der Waals surface area contributed by atoms with Crippen LogP contribution < -0.4 is 10.1 Å². The Bertz CT molecular complexity index is 786. The molecule has 0 bridgehead atoms. The number of aromatic nitrogens is 1. The number of rotatable bonds is 8. The zero-order valence-corrected chi connectivity index (χ0v) is 15.9. The molecule has 2 aromatic rings. The Morgan fingerprint density at radius 3 is 3.00 bits per heavy atom. The van der Waals surface area contributed by atoms with Gasteiger partial charge in [-0.3, -0.25) is 14.9 Å². The molecular formula is C19H22N2O5S. The second kappa shape index (κ2) is 9.48. The molecule has 1 aliphatic heterocycles. The van der Waals surface area contributed by atoms with Gasteiger partial charge in [-0.25, -0.2) is 4.98 Å². The number of amides is 1. The van der Waals surface area contributed by atoms with Crippen molar-refractivity contribution in [2.75, 3.05) is 25.1 Å². The van der Waals surface area contributed by atoms with Crippen LogP contribution in [0, 0.1) is 0 Å². The Labute approximate surface area is 161 Å². The first kappa shape index (κ1) is 19.3. The average Bonchev–Trinajstić information content (AvgIpc) is 3.32. The summed E-state index contributed by atoms with van der Waals surface area (Å²) < 4.78 is 16.3. The highest BCUT2D eigenvalue weighted by Crippen LogP contribution is 2.23. The normalized spacial score (nSPS) is 16.1. The van der Waals surface area contributed by atoms with Gasteiger partial charge < -0.3 is 14.2 Å². The van der Waals surface area contributed by atoms with Crippen molar-refractivity contribution in [2.24, 2.45) is 0 Å². The zero-order valence-electron chi connectivity index (χ0n) is 15.1. The lowest BCUT2D eigenvalue weighted by Gasteiger charge is -2.14. The minimum Gasteiger partial charge on any atom is -0.490 e. The summed E-state index contributed by atoms with van der Waals surface area (Å²) in [6.45, 7) is 3.26. The highest BCUT2D eigenvalue weighted by Gasteiger charge is 2.19. The topological polar surface area (TPSA) is 86.8 Å². The molecule has 27 heavy (non-hydrogen) atoms. The van der Waals surface area contributed by atoms with Crippen LogP contribution in [0.1, 0.15) is 35.8 Å². The van der Waals surface area contributed by atoms with E-state index in [1.54, 1.807) is 30.5 Å². The number of hydrogen-bond acceptors (Lipinski definition) is 7. The molecule has 1 amide bonds. The Morgan fingerprint density at radius 2 is 2.22 bits per heavy atom. The largest absolute Gasteiger partial charge is 0.490 e. The van der Waals surface area contributed by atoms with Gasteiger partial charge in [0.2, 0.25) is 0 Å². The van der Waals surface area contributed by atoms with E-state index in [-0.39, 0.29) is 24.4 Å². The number of para-hydroxylation sites is 1. The van der Waals surface area contributed by atoms with Crippen molar-refractivity contribution < 1.29 is 23.8 Å². The van der Waals surface area contributed by atoms with Gasteiger partial charge in [0, 0.05) is 12.0 Å². The summed E-state index contributed by atoms with van der Waals surface area (Å²) in [5.41, 5.74) is 0.995. The summed E-state index contributed by atoms with van der Waals surface area (Å²) in [5.74, 6) is -0.141. The molecule has 2 heterocycles. The first-order chi connectivity index (χ1) is 13.2. The molecule has 1 aromatic carbocycles. The van der Waals surface area contributed by atoms with Gasteiger partial charge in [-0.15, -0.1) is 11.3 Å². The molecule has 0 radical (unpaired) electrons. The molecule has 1 fully saturated rings. The molecule has 0 aliphatic carbocycles. The molecule has 0 saturated carbocycles. The Hall–Kier alpha value is -2.45. The van der Waals surface area contributed by atoms with Crippen molar-refractivity contribution in [3.05, 3.63) is 40.9 Å². The molecule has 1 aliphatic rings. The minimum atomic E-state index is -0.339. The van der Waals surface area contributed by atoms with Crippen LogP contribution in [0.25, 0.3) is 0 Å². The van der Waals surface area contributed by atoms with E-state index < -0.39 is 0 Å². The minimum absolute atomic E-state index is 0.0746. The maximum Gasteiger partial charge on any atom is 0.311 e. The number of nitrogens with one attached hydrogen (secondary N) is 1. The van der Waals surface area contributed by atoms with Crippen LogP contribution >= 0.6 is 11.3 Å². The maximum absolute atomic E-state index is 12.6. The fourth-order valence-electron chi connectivity index (χ4n) is 2.71. The summed E-state index contributed by atoms with van der Waals surface area (Å²) in [5, 5.41) is 4.91. The number of nitrogens with zero attached hydrogens (tertiary/aromatic N) is 1. The molecule has 0 spiro atoms. The number of anilines is 1. The molecule has 0 unspecified atom stereocenters. The van der Waals surface area contributed by atoms with E-state index >= 15 is 0 Å². The van der Waals surface area contributed by atoms with E-state index in [4.69, 9.17) is 14.2 Å². The fourth-order valence-corrected chi connectivity index (χ4v) is 3.41. The van der Waals surface area contributed by atoms with E-state index in [9.17, 15) is 9.59 Å². The molecule has 3 rings (SSSR count). The van der Waals surface area contributed by atoms with Crippen molar-refractivity contribution in [3.8, 4) is 5.75 Å². The van der Waals surface area contributed by atoms with E-state index in [0.717, 1.165) is 19.4 Å². The highest BCUT2D eigenvalue weighted by atomic mass is 32.1. The summed E-state index contributed by atoms with van der Waals surface area (Å²) in [7, 11) is 0. The van der Waals surface area contributed by atoms with E-state index in [2.05, 4.69) is 10.3 Å². The standard InChI is InChI=1S/C19H22N2O5S/c1-2-24-17(22)10-13-12-27-19(20-13)21-18(23)15-7-3-4-8-16(15)26-11-14-6-5-9-25-14/h3-4,7-8,12,14H,2,5-6,9-11H2,1H3,(H,20,21,23)/t14-/m1/s1. The summed E-state index contributed by atoms with van der Waals surface area (Å²) in [6.07, 6.45) is 2.16. The maximum atomic E-state index is 12.6. The second-order valence-corrected chi connectivity index (χ2v) is 6.88. The zero-order chi connectivity index (χ0) is 19.1. The van der Waals surface area contributed by atoms with E-state index in [1.807, 2.05) is 6.07 Å². The van der Waals surface area contributed by atoms with Gasteiger partial charge in [0.1, 0.15) is 12.4 Å². The number of thiazole rings is 1. The van der Waals surface area contributed by atoms with Crippen LogP contribution in [-0.2, 0) is 20.7 Å². The predicted octanol–water partition coefficient (Wildman–Crippen LogP) is 3.06. The lowest BCUT2D eigenvalue weighted by Crippen LogP contribution is -2.19. The summed E-state index contributed by atoms with van der Waals surface area (Å²) >= 11 is 1.26.